The molecule has 3 aromatic rings. The molecule has 1 aromatic heterocycles. The van der Waals surface area contributed by atoms with Crippen molar-refractivity contribution in [3.05, 3.63) is 53.1 Å². The number of fused-ring (bicyclic) bond motifs is 1. The lowest BCUT2D eigenvalue weighted by atomic mass is 10.2. The van der Waals surface area contributed by atoms with E-state index in [1.165, 1.54) is 21.8 Å². The Bertz CT molecular complexity index is 991. The predicted octanol–water partition coefficient (Wildman–Crippen LogP) is 6.93. The molecule has 0 saturated carbocycles. The van der Waals surface area contributed by atoms with Gasteiger partial charge in [-0.1, -0.05) is 60.5 Å². The van der Waals surface area contributed by atoms with E-state index in [4.69, 9.17) is 16.6 Å². The standard InChI is InChI=1S/C24H30ClN3OS2.ClH/c1-4-27(5-2)15-16-28(24-26-23-20(25)8-6-9-21(23)31-24)22(29)10-7-17-30-19-13-11-18(3)12-14-19;/h6,8-9,11-14H,4-5,7,10,15-17H2,1-3H3;1H. The van der Waals surface area contributed by atoms with Gasteiger partial charge in [0.2, 0.25) is 5.91 Å². The Labute approximate surface area is 210 Å². The minimum atomic E-state index is 0. The van der Waals surface area contributed by atoms with Gasteiger partial charge in [-0.05, 0) is 56.5 Å². The molecule has 0 atom stereocenters. The molecule has 0 spiro atoms. The molecule has 0 saturated heterocycles. The highest BCUT2D eigenvalue weighted by Gasteiger charge is 2.20. The van der Waals surface area contributed by atoms with E-state index < -0.39 is 0 Å². The largest absolute Gasteiger partial charge is 0.302 e. The Balaban J connectivity index is 0.00000363. The first-order valence-electron chi connectivity index (χ1n) is 10.8. The number of para-hydroxylation sites is 1. The summed E-state index contributed by atoms with van der Waals surface area (Å²) in [5.74, 6) is 1.05. The number of nitrogens with zero attached hydrogens (tertiary/aromatic N) is 3. The smallest absolute Gasteiger partial charge is 0.228 e. The molecule has 1 heterocycles. The average Bonchev–Trinajstić information content (AvgIpc) is 3.21. The summed E-state index contributed by atoms with van der Waals surface area (Å²) in [4.78, 5) is 23.3. The molecule has 0 aliphatic heterocycles. The molecule has 8 heteroatoms. The normalized spacial score (nSPS) is 11.0. The second kappa shape index (κ2) is 13.4. The molecule has 2 aromatic carbocycles. The van der Waals surface area contributed by atoms with Crippen molar-refractivity contribution in [3.63, 3.8) is 0 Å². The van der Waals surface area contributed by atoms with Crippen LogP contribution >= 0.6 is 47.1 Å². The number of anilines is 1. The van der Waals surface area contributed by atoms with Crippen molar-refractivity contribution in [1.29, 1.82) is 0 Å². The van der Waals surface area contributed by atoms with Gasteiger partial charge in [-0.2, -0.15) is 0 Å². The fourth-order valence-corrected chi connectivity index (χ4v) is 5.47. The van der Waals surface area contributed by atoms with Crippen molar-refractivity contribution in [1.82, 2.24) is 9.88 Å². The van der Waals surface area contributed by atoms with Gasteiger partial charge in [0.15, 0.2) is 5.13 Å². The number of carbonyl (C=O) groups is 1. The van der Waals surface area contributed by atoms with E-state index in [0.717, 1.165) is 47.2 Å². The SMILES string of the molecule is CCN(CC)CCN(C(=O)CCCSc1ccc(C)cc1)c1nc2c(Cl)cccc2s1.Cl. The summed E-state index contributed by atoms with van der Waals surface area (Å²) < 4.78 is 1.01. The molecule has 0 radical (unpaired) electrons. The van der Waals surface area contributed by atoms with Gasteiger partial charge in [0.05, 0.1) is 9.72 Å². The van der Waals surface area contributed by atoms with Gasteiger partial charge in [0.1, 0.15) is 5.52 Å². The minimum Gasteiger partial charge on any atom is -0.302 e. The van der Waals surface area contributed by atoms with Crippen LogP contribution in [-0.4, -0.2) is 47.7 Å². The molecule has 0 fully saturated rings. The van der Waals surface area contributed by atoms with Crippen LogP contribution in [0, 0.1) is 6.92 Å². The number of aromatic nitrogens is 1. The van der Waals surface area contributed by atoms with Gasteiger partial charge in [-0.3, -0.25) is 9.69 Å². The molecule has 0 bridgehead atoms. The lowest BCUT2D eigenvalue weighted by Gasteiger charge is -2.24. The maximum Gasteiger partial charge on any atom is 0.228 e. The lowest BCUT2D eigenvalue weighted by molar-refractivity contribution is -0.118. The zero-order chi connectivity index (χ0) is 22.2. The van der Waals surface area contributed by atoms with Crippen LogP contribution in [-0.2, 0) is 4.79 Å². The average molecular weight is 513 g/mol. The Morgan fingerprint density at radius 3 is 2.47 bits per heavy atom. The fourth-order valence-electron chi connectivity index (χ4n) is 3.31. The quantitative estimate of drug-likeness (QED) is 0.206. The van der Waals surface area contributed by atoms with Crippen molar-refractivity contribution in [2.75, 3.05) is 36.8 Å². The van der Waals surface area contributed by atoms with Crippen LogP contribution < -0.4 is 4.90 Å². The first kappa shape index (κ1) is 26.9. The highest BCUT2D eigenvalue weighted by Crippen LogP contribution is 2.33. The molecular weight excluding hydrogens is 481 g/mol. The van der Waals surface area contributed by atoms with Crippen LogP contribution in [0.1, 0.15) is 32.3 Å². The van der Waals surface area contributed by atoms with E-state index in [1.54, 1.807) is 11.8 Å². The first-order valence-corrected chi connectivity index (χ1v) is 13.0. The number of amides is 1. The van der Waals surface area contributed by atoms with Crippen LogP contribution in [0.25, 0.3) is 10.2 Å². The van der Waals surface area contributed by atoms with E-state index in [2.05, 4.69) is 49.9 Å². The van der Waals surface area contributed by atoms with E-state index in [9.17, 15) is 4.79 Å². The molecule has 0 unspecified atom stereocenters. The number of thioether (sulfide) groups is 1. The number of halogens is 2. The number of benzene rings is 2. The van der Waals surface area contributed by atoms with E-state index in [1.807, 2.05) is 23.1 Å². The zero-order valence-electron chi connectivity index (χ0n) is 18.8. The predicted molar refractivity (Wildman–Crippen MR) is 143 cm³/mol. The summed E-state index contributed by atoms with van der Waals surface area (Å²) in [7, 11) is 0. The molecule has 174 valence electrons. The number of likely N-dealkylation sites (N-methyl/N-ethyl adjacent to an activating group) is 1. The van der Waals surface area contributed by atoms with Gasteiger partial charge < -0.3 is 4.90 Å². The Morgan fingerprint density at radius 2 is 1.81 bits per heavy atom. The van der Waals surface area contributed by atoms with Crippen LogP contribution in [0.5, 0.6) is 0 Å². The second-order valence-electron chi connectivity index (χ2n) is 7.42. The molecule has 0 N–H and O–H groups in total. The summed E-state index contributed by atoms with van der Waals surface area (Å²) in [6.45, 7) is 9.80. The van der Waals surface area contributed by atoms with Crippen molar-refractivity contribution >= 4 is 68.4 Å². The highest BCUT2D eigenvalue weighted by molar-refractivity contribution is 7.99. The van der Waals surface area contributed by atoms with Crippen LogP contribution in [0.4, 0.5) is 5.13 Å². The Hall–Kier alpha value is -1.31. The highest BCUT2D eigenvalue weighted by atomic mass is 35.5. The van der Waals surface area contributed by atoms with Gasteiger partial charge in [0.25, 0.3) is 0 Å². The molecular formula is C24H31Cl2N3OS2. The topological polar surface area (TPSA) is 36.4 Å². The second-order valence-corrected chi connectivity index (χ2v) is 10.0. The Morgan fingerprint density at radius 1 is 1.09 bits per heavy atom. The van der Waals surface area contributed by atoms with E-state index >= 15 is 0 Å². The van der Waals surface area contributed by atoms with Crippen LogP contribution in [0.3, 0.4) is 0 Å². The number of carbonyl (C=O) groups excluding carboxylic acids is 1. The lowest BCUT2D eigenvalue weighted by Crippen LogP contribution is -2.38. The first-order chi connectivity index (χ1) is 15.0. The van der Waals surface area contributed by atoms with Gasteiger partial charge in [0, 0.05) is 24.4 Å². The van der Waals surface area contributed by atoms with Gasteiger partial charge in [-0.25, -0.2) is 4.98 Å². The molecule has 32 heavy (non-hydrogen) atoms. The van der Waals surface area contributed by atoms with Crippen molar-refractivity contribution in [2.24, 2.45) is 0 Å². The molecule has 1 amide bonds. The third kappa shape index (κ3) is 7.35. The number of thiazole rings is 1. The summed E-state index contributed by atoms with van der Waals surface area (Å²) >= 11 is 9.67. The molecule has 0 aliphatic rings. The van der Waals surface area contributed by atoms with Crippen molar-refractivity contribution in [2.45, 2.75) is 38.5 Å². The van der Waals surface area contributed by atoms with Crippen LogP contribution in [0.2, 0.25) is 5.02 Å². The zero-order valence-corrected chi connectivity index (χ0v) is 22.0. The number of hydrogen-bond acceptors (Lipinski definition) is 5. The van der Waals surface area contributed by atoms with Crippen LogP contribution in [0.15, 0.2) is 47.4 Å². The minimum absolute atomic E-state index is 0. The van der Waals surface area contributed by atoms with Crippen molar-refractivity contribution in [3.8, 4) is 0 Å². The van der Waals surface area contributed by atoms with E-state index in [0.29, 0.717) is 18.0 Å². The maximum absolute atomic E-state index is 13.2. The Kier molecular flexibility index (Phi) is 11.3. The summed E-state index contributed by atoms with van der Waals surface area (Å²) in [6.07, 6.45) is 1.35. The maximum atomic E-state index is 13.2. The van der Waals surface area contributed by atoms with Gasteiger partial charge in [-0.15, -0.1) is 24.2 Å². The van der Waals surface area contributed by atoms with Gasteiger partial charge >= 0.3 is 0 Å². The summed E-state index contributed by atoms with van der Waals surface area (Å²) in [5.41, 5.74) is 2.04. The van der Waals surface area contributed by atoms with E-state index in [-0.39, 0.29) is 18.3 Å². The number of aryl methyl sites for hydroxylation is 1. The monoisotopic (exact) mass is 511 g/mol. The molecule has 0 aliphatic carbocycles. The fraction of sp³-hybridized carbons (Fsp3) is 0.417. The molecule has 3 rings (SSSR count). The summed E-state index contributed by atoms with van der Waals surface area (Å²) in [6, 6.07) is 14.3. The third-order valence-corrected chi connectivity index (χ3v) is 7.70. The number of hydrogen-bond donors (Lipinski definition) is 0. The van der Waals surface area contributed by atoms with Crippen molar-refractivity contribution < 1.29 is 4.79 Å². The number of rotatable bonds is 11. The molecule has 4 nitrogen and oxygen atoms in total. The third-order valence-electron chi connectivity index (χ3n) is 5.25. The summed E-state index contributed by atoms with van der Waals surface area (Å²) in [5, 5.41) is 1.37.